The van der Waals surface area contributed by atoms with Gasteiger partial charge in [0.1, 0.15) is 4.99 Å². The number of hydrogen-bond donors (Lipinski definition) is 1. The monoisotopic (exact) mass is 184 g/mol. The van der Waals surface area contributed by atoms with Gasteiger partial charge in [-0.15, -0.1) is 11.3 Å². The summed E-state index contributed by atoms with van der Waals surface area (Å²) in [5.41, 5.74) is 5.45. The highest BCUT2D eigenvalue weighted by Crippen LogP contribution is 2.41. The predicted molar refractivity (Wildman–Crippen MR) is 50.0 cm³/mol. The van der Waals surface area contributed by atoms with E-state index < -0.39 is 0 Å². The van der Waals surface area contributed by atoms with E-state index in [4.69, 9.17) is 18.0 Å². The van der Waals surface area contributed by atoms with Crippen LogP contribution >= 0.6 is 23.6 Å². The molecule has 1 aliphatic rings. The third-order valence-corrected chi connectivity index (χ3v) is 3.24. The zero-order valence-corrected chi connectivity index (χ0v) is 7.54. The number of aromatic nitrogens is 1. The van der Waals surface area contributed by atoms with Gasteiger partial charge in [0, 0.05) is 12.1 Å². The van der Waals surface area contributed by atoms with Gasteiger partial charge in [-0.05, 0) is 12.8 Å². The minimum Gasteiger partial charge on any atom is -0.389 e. The standard InChI is InChI=1S/C7H8N2S2/c8-6(10)5-3-9-7(11-5)4-1-2-4/h3-4H,1-2H2,(H2,8,10). The molecule has 0 bridgehead atoms. The summed E-state index contributed by atoms with van der Waals surface area (Å²) < 4.78 is 0. The van der Waals surface area contributed by atoms with Gasteiger partial charge in [0.05, 0.1) is 9.88 Å². The smallest absolute Gasteiger partial charge is 0.115 e. The molecule has 2 rings (SSSR count). The second-order valence-electron chi connectivity index (χ2n) is 2.70. The molecule has 2 N–H and O–H groups in total. The maximum absolute atomic E-state index is 5.45. The van der Waals surface area contributed by atoms with Gasteiger partial charge in [0.2, 0.25) is 0 Å². The van der Waals surface area contributed by atoms with E-state index in [0.29, 0.717) is 10.9 Å². The molecule has 0 amide bonds. The molecule has 0 radical (unpaired) electrons. The highest BCUT2D eigenvalue weighted by atomic mass is 32.1. The minimum absolute atomic E-state index is 0.467. The molecule has 11 heavy (non-hydrogen) atoms. The zero-order chi connectivity index (χ0) is 7.84. The maximum Gasteiger partial charge on any atom is 0.115 e. The summed E-state index contributed by atoms with van der Waals surface area (Å²) in [7, 11) is 0. The summed E-state index contributed by atoms with van der Waals surface area (Å²) in [6.07, 6.45) is 4.34. The van der Waals surface area contributed by atoms with Crippen molar-refractivity contribution in [3.63, 3.8) is 0 Å². The summed E-state index contributed by atoms with van der Waals surface area (Å²) in [6, 6.07) is 0. The fourth-order valence-electron chi connectivity index (χ4n) is 0.921. The fraction of sp³-hybridized carbons (Fsp3) is 0.429. The first-order chi connectivity index (χ1) is 5.27. The van der Waals surface area contributed by atoms with Crippen molar-refractivity contribution < 1.29 is 0 Å². The van der Waals surface area contributed by atoms with Crippen molar-refractivity contribution in [2.24, 2.45) is 5.73 Å². The van der Waals surface area contributed by atoms with Gasteiger partial charge in [-0.1, -0.05) is 12.2 Å². The number of nitrogens with zero attached hydrogens (tertiary/aromatic N) is 1. The Bertz CT molecular complexity index is 288. The first-order valence-corrected chi connectivity index (χ1v) is 4.75. The van der Waals surface area contributed by atoms with E-state index in [1.807, 2.05) is 0 Å². The molecule has 1 aromatic rings. The Hall–Kier alpha value is -0.480. The first-order valence-electron chi connectivity index (χ1n) is 3.53. The molecule has 0 aliphatic heterocycles. The lowest BCUT2D eigenvalue weighted by Gasteiger charge is -1.86. The molecular weight excluding hydrogens is 176 g/mol. The van der Waals surface area contributed by atoms with Crippen LogP contribution in [0.4, 0.5) is 0 Å². The molecule has 4 heteroatoms. The van der Waals surface area contributed by atoms with Gasteiger partial charge in [0.15, 0.2) is 0 Å². The Morgan fingerprint density at radius 2 is 2.45 bits per heavy atom. The van der Waals surface area contributed by atoms with Gasteiger partial charge in [-0.2, -0.15) is 0 Å². The Kier molecular flexibility index (Phi) is 1.65. The Labute approximate surface area is 74.4 Å². The third-order valence-electron chi connectivity index (χ3n) is 1.69. The quantitative estimate of drug-likeness (QED) is 0.710. The molecule has 0 aromatic carbocycles. The Balaban J connectivity index is 2.25. The SMILES string of the molecule is NC(=S)c1cnc(C2CC2)s1. The van der Waals surface area contributed by atoms with Crippen LogP contribution in [0.25, 0.3) is 0 Å². The highest BCUT2D eigenvalue weighted by molar-refractivity contribution is 7.81. The van der Waals surface area contributed by atoms with Crippen LogP contribution in [0.15, 0.2) is 6.20 Å². The van der Waals surface area contributed by atoms with Gasteiger partial charge in [-0.3, -0.25) is 0 Å². The highest BCUT2D eigenvalue weighted by Gasteiger charge is 2.26. The molecule has 1 fully saturated rings. The summed E-state index contributed by atoms with van der Waals surface area (Å²) in [5, 5.41) is 1.20. The second kappa shape index (κ2) is 2.53. The molecular formula is C7H8N2S2. The average Bonchev–Trinajstić information content (AvgIpc) is 2.68. The van der Waals surface area contributed by atoms with E-state index in [1.165, 1.54) is 17.8 Å². The van der Waals surface area contributed by atoms with Crippen molar-refractivity contribution in [2.45, 2.75) is 18.8 Å². The topological polar surface area (TPSA) is 38.9 Å². The Morgan fingerprint density at radius 1 is 1.73 bits per heavy atom. The molecule has 1 saturated carbocycles. The number of nitrogens with two attached hydrogens (primary N) is 1. The molecule has 58 valence electrons. The lowest BCUT2D eigenvalue weighted by Crippen LogP contribution is -2.06. The largest absolute Gasteiger partial charge is 0.389 e. The summed E-state index contributed by atoms with van der Waals surface area (Å²) in [6.45, 7) is 0. The lowest BCUT2D eigenvalue weighted by molar-refractivity contribution is 1.08. The van der Waals surface area contributed by atoms with E-state index in [2.05, 4.69) is 4.98 Å². The normalized spacial score (nSPS) is 16.7. The van der Waals surface area contributed by atoms with Crippen LogP contribution in [0.1, 0.15) is 28.6 Å². The molecule has 0 spiro atoms. The van der Waals surface area contributed by atoms with Crippen LogP contribution in [-0.2, 0) is 0 Å². The van der Waals surface area contributed by atoms with Crippen molar-refractivity contribution in [1.82, 2.24) is 4.98 Å². The van der Waals surface area contributed by atoms with E-state index in [-0.39, 0.29) is 0 Å². The maximum atomic E-state index is 5.45. The van der Waals surface area contributed by atoms with Gasteiger partial charge >= 0.3 is 0 Å². The van der Waals surface area contributed by atoms with Crippen molar-refractivity contribution in [2.75, 3.05) is 0 Å². The van der Waals surface area contributed by atoms with E-state index >= 15 is 0 Å². The summed E-state index contributed by atoms with van der Waals surface area (Å²) in [5.74, 6) is 0.711. The number of hydrogen-bond acceptors (Lipinski definition) is 3. The molecule has 0 saturated heterocycles. The van der Waals surface area contributed by atoms with Crippen molar-refractivity contribution in [1.29, 1.82) is 0 Å². The van der Waals surface area contributed by atoms with Gasteiger partial charge < -0.3 is 5.73 Å². The number of thiocarbonyl (C=S) groups is 1. The molecule has 2 nitrogen and oxygen atoms in total. The number of rotatable bonds is 2. The van der Waals surface area contributed by atoms with E-state index in [9.17, 15) is 0 Å². The zero-order valence-electron chi connectivity index (χ0n) is 5.91. The van der Waals surface area contributed by atoms with Crippen LogP contribution in [0.5, 0.6) is 0 Å². The van der Waals surface area contributed by atoms with E-state index in [1.54, 1.807) is 17.5 Å². The van der Waals surface area contributed by atoms with Crippen LogP contribution in [0.3, 0.4) is 0 Å². The van der Waals surface area contributed by atoms with Crippen molar-refractivity contribution >= 4 is 28.5 Å². The molecule has 0 atom stereocenters. The first kappa shape index (κ1) is 7.18. The van der Waals surface area contributed by atoms with Crippen LogP contribution < -0.4 is 5.73 Å². The Morgan fingerprint density at radius 3 is 2.91 bits per heavy atom. The van der Waals surface area contributed by atoms with Gasteiger partial charge in [-0.25, -0.2) is 4.98 Å². The molecule has 0 unspecified atom stereocenters. The van der Waals surface area contributed by atoms with Crippen LogP contribution in [-0.4, -0.2) is 9.97 Å². The minimum atomic E-state index is 0.467. The van der Waals surface area contributed by atoms with Crippen LogP contribution in [0.2, 0.25) is 0 Å². The summed E-state index contributed by atoms with van der Waals surface area (Å²) in [4.78, 5) is 5.66. The third kappa shape index (κ3) is 1.41. The number of thiazole rings is 1. The predicted octanol–water partition coefficient (Wildman–Crippen LogP) is 1.65. The average molecular weight is 184 g/mol. The molecule has 1 heterocycles. The fourth-order valence-corrected chi connectivity index (χ4v) is 2.04. The van der Waals surface area contributed by atoms with E-state index in [0.717, 1.165) is 4.88 Å². The molecule has 1 aliphatic carbocycles. The summed E-state index contributed by atoms with van der Waals surface area (Å²) >= 11 is 6.46. The van der Waals surface area contributed by atoms with Crippen LogP contribution in [0, 0.1) is 0 Å². The van der Waals surface area contributed by atoms with Crippen molar-refractivity contribution in [3.05, 3.63) is 16.1 Å². The van der Waals surface area contributed by atoms with Crippen molar-refractivity contribution in [3.8, 4) is 0 Å². The molecule has 1 aromatic heterocycles. The lowest BCUT2D eigenvalue weighted by atomic mass is 10.5. The van der Waals surface area contributed by atoms with Gasteiger partial charge in [0.25, 0.3) is 0 Å². The second-order valence-corrected chi connectivity index (χ2v) is 4.20.